The van der Waals surface area contributed by atoms with Gasteiger partial charge in [-0.25, -0.2) is 0 Å². The molecule has 12 heteroatoms. The fraction of sp³-hybridized carbons (Fsp3) is 0.433. The zero-order chi connectivity index (χ0) is 30.8. The van der Waals surface area contributed by atoms with E-state index in [1.54, 1.807) is 36.4 Å². The number of carbonyl (C=O) groups excluding carboxylic acids is 3. The molecule has 3 atom stereocenters. The normalized spacial score (nSPS) is 18.2. The van der Waals surface area contributed by atoms with Gasteiger partial charge < -0.3 is 39.8 Å². The van der Waals surface area contributed by atoms with Crippen molar-refractivity contribution in [3.8, 4) is 11.5 Å². The van der Waals surface area contributed by atoms with E-state index in [4.69, 9.17) is 21.1 Å². The maximum absolute atomic E-state index is 13.6. The first-order valence-corrected chi connectivity index (χ1v) is 15.0. The molecule has 0 saturated heterocycles. The van der Waals surface area contributed by atoms with Gasteiger partial charge in [0.2, 0.25) is 11.8 Å². The number of nitrogens with one attached hydrogen (secondary N) is 1. The summed E-state index contributed by atoms with van der Waals surface area (Å²) in [5.74, 6) is -0.130. The minimum atomic E-state index is -1.25. The van der Waals surface area contributed by atoms with Gasteiger partial charge in [-0.1, -0.05) is 23.7 Å². The molecule has 0 spiro atoms. The average molecular weight is 715 g/mol. The number of ketones is 1. The van der Waals surface area contributed by atoms with Crippen molar-refractivity contribution in [1.82, 2.24) is 10.2 Å². The lowest BCUT2D eigenvalue weighted by atomic mass is 9.87. The quantitative estimate of drug-likeness (QED) is 0.219. The molecular weight excluding hydrogens is 679 g/mol. The number of amides is 2. The number of ether oxygens (including phenoxy) is 2. The van der Waals surface area contributed by atoms with Gasteiger partial charge in [-0.15, -0.1) is 0 Å². The Morgan fingerprint density at radius 1 is 1.12 bits per heavy atom. The van der Waals surface area contributed by atoms with Crippen molar-refractivity contribution in [2.75, 3.05) is 20.3 Å². The molecule has 4 N–H and O–H groups in total. The van der Waals surface area contributed by atoms with Crippen LogP contribution in [0.4, 0.5) is 0 Å². The summed E-state index contributed by atoms with van der Waals surface area (Å²) in [5.41, 5.74) is 1.65. The molecule has 2 amide bonds. The maximum Gasteiger partial charge on any atom is 0.247 e. The minimum absolute atomic E-state index is 0.0280. The molecule has 0 saturated carbocycles. The SMILES string of the molecule is COc1cc(CO)cc(I)c1O[C@H]1C=C(C(=O)NCCO)C[C@@H](N(Cc2ccc(Cl)cc2)C(=O)CCCC(C)=O)[C@@H]1O. The Bertz CT molecular complexity index is 1290. The standard InChI is InChI=1S/C30H36ClIN2O8/c1-18(37)4-3-5-27(38)34(16-19-6-8-22(31)9-7-19)24-14-21(30(40)33-10-11-35)15-25(28(24)39)42-29-23(32)12-20(17-36)13-26(29)41-2/h6-9,12-13,15,24-25,28,35-36,39H,3-5,10-11,14,16-17H2,1-2H3,(H,33,40)/t24-,25+,28+/m1/s1. The van der Waals surface area contributed by atoms with Gasteiger partial charge >= 0.3 is 0 Å². The van der Waals surface area contributed by atoms with E-state index in [0.717, 1.165) is 5.56 Å². The largest absolute Gasteiger partial charge is 0.493 e. The fourth-order valence-corrected chi connectivity index (χ4v) is 5.62. The van der Waals surface area contributed by atoms with Crippen molar-refractivity contribution >= 4 is 51.8 Å². The zero-order valence-corrected chi connectivity index (χ0v) is 26.4. The van der Waals surface area contributed by atoms with Crippen molar-refractivity contribution in [1.29, 1.82) is 0 Å². The van der Waals surface area contributed by atoms with Crippen LogP contribution in [0.2, 0.25) is 5.02 Å². The van der Waals surface area contributed by atoms with Crippen molar-refractivity contribution in [3.05, 3.63) is 67.8 Å². The molecule has 3 rings (SSSR count). The smallest absolute Gasteiger partial charge is 0.247 e. The third kappa shape index (κ3) is 9.14. The van der Waals surface area contributed by atoms with Gasteiger partial charge in [0.15, 0.2) is 11.5 Å². The van der Waals surface area contributed by atoms with Crippen LogP contribution in [0.5, 0.6) is 11.5 Å². The number of benzene rings is 2. The summed E-state index contributed by atoms with van der Waals surface area (Å²) >= 11 is 8.10. The number of Topliss-reactive ketones (excluding diaryl/α,β-unsaturated/α-hetero) is 1. The Hall–Kier alpha value is -2.71. The van der Waals surface area contributed by atoms with Crippen LogP contribution < -0.4 is 14.8 Å². The molecule has 228 valence electrons. The third-order valence-electron chi connectivity index (χ3n) is 6.85. The molecule has 0 aliphatic heterocycles. The first-order valence-electron chi connectivity index (χ1n) is 13.5. The summed E-state index contributed by atoms with van der Waals surface area (Å²) in [5, 5.41) is 33.7. The van der Waals surface area contributed by atoms with Gasteiger partial charge in [0.25, 0.3) is 0 Å². The first kappa shape index (κ1) is 33.8. The van der Waals surface area contributed by atoms with Gasteiger partial charge in [-0.05, 0) is 77.4 Å². The van der Waals surface area contributed by atoms with Crippen molar-refractivity contribution in [3.63, 3.8) is 0 Å². The van der Waals surface area contributed by atoms with Gasteiger partial charge in [0.1, 0.15) is 18.0 Å². The van der Waals surface area contributed by atoms with Crippen LogP contribution in [-0.4, -0.2) is 76.3 Å². The Morgan fingerprint density at radius 2 is 1.83 bits per heavy atom. The predicted molar refractivity (Wildman–Crippen MR) is 165 cm³/mol. The van der Waals surface area contributed by atoms with Gasteiger partial charge in [-0.2, -0.15) is 0 Å². The lowest BCUT2D eigenvalue weighted by molar-refractivity contribution is -0.139. The molecule has 2 aromatic rings. The van der Waals surface area contributed by atoms with Crippen LogP contribution in [0.15, 0.2) is 48.0 Å². The second-order valence-electron chi connectivity index (χ2n) is 9.99. The van der Waals surface area contributed by atoms with Gasteiger partial charge in [0, 0.05) is 42.9 Å². The van der Waals surface area contributed by atoms with E-state index in [0.29, 0.717) is 32.1 Å². The summed E-state index contributed by atoms with van der Waals surface area (Å²) in [4.78, 5) is 39.7. The summed E-state index contributed by atoms with van der Waals surface area (Å²) in [7, 11) is 1.46. The Kier molecular flexibility index (Phi) is 13.1. The second-order valence-corrected chi connectivity index (χ2v) is 11.6. The molecule has 0 heterocycles. The van der Waals surface area contributed by atoms with Crippen LogP contribution in [-0.2, 0) is 27.5 Å². The number of hydrogen-bond donors (Lipinski definition) is 4. The highest BCUT2D eigenvalue weighted by Crippen LogP contribution is 2.37. The van der Waals surface area contributed by atoms with E-state index < -0.39 is 24.2 Å². The topological polar surface area (TPSA) is 146 Å². The molecule has 1 aliphatic rings. The van der Waals surface area contributed by atoms with E-state index in [-0.39, 0.29) is 62.8 Å². The number of hydrogen-bond acceptors (Lipinski definition) is 8. The Balaban J connectivity index is 2.02. The highest BCUT2D eigenvalue weighted by atomic mass is 127. The summed E-state index contributed by atoms with van der Waals surface area (Å²) in [6.45, 7) is 1.16. The zero-order valence-electron chi connectivity index (χ0n) is 23.5. The van der Waals surface area contributed by atoms with E-state index in [1.807, 2.05) is 22.6 Å². The third-order valence-corrected chi connectivity index (χ3v) is 7.90. The molecule has 2 aromatic carbocycles. The molecule has 0 bridgehead atoms. The molecule has 10 nitrogen and oxygen atoms in total. The maximum atomic E-state index is 13.6. The number of nitrogens with zero attached hydrogens (tertiary/aromatic N) is 1. The lowest BCUT2D eigenvalue weighted by Gasteiger charge is -2.41. The molecule has 0 fully saturated rings. The highest BCUT2D eigenvalue weighted by Gasteiger charge is 2.41. The van der Waals surface area contributed by atoms with Gasteiger partial charge in [-0.3, -0.25) is 9.59 Å². The van der Waals surface area contributed by atoms with Crippen LogP contribution in [0.1, 0.15) is 43.7 Å². The Morgan fingerprint density at radius 3 is 2.45 bits per heavy atom. The number of aliphatic hydroxyl groups is 3. The second kappa shape index (κ2) is 16.2. The molecule has 0 aromatic heterocycles. The molecule has 0 radical (unpaired) electrons. The molecule has 0 unspecified atom stereocenters. The predicted octanol–water partition coefficient (Wildman–Crippen LogP) is 3.15. The highest BCUT2D eigenvalue weighted by molar-refractivity contribution is 14.1. The Labute approximate surface area is 263 Å². The molecule has 1 aliphatic carbocycles. The average Bonchev–Trinajstić information content (AvgIpc) is 2.97. The van der Waals surface area contributed by atoms with E-state index in [2.05, 4.69) is 5.32 Å². The van der Waals surface area contributed by atoms with Crippen LogP contribution in [0.25, 0.3) is 0 Å². The van der Waals surface area contributed by atoms with Crippen LogP contribution in [0.3, 0.4) is 0 Å². The van der Waals surface area contributed by atoms with Crippen LogP contribution >= 0.6 is 34.2 Å². The van der Waals surface area contributed by atoms with Crippen LogP contribution in [0, 0.1) is 3.57 Å². The van der Waals surface area contributed by atoms with E-state index >= 15 is 0 Å². The number of halogens is 2. The monoisotopic (exact) mass is 714 g/mol. The van der Waals surface area contributed by atoms with Crippen molar-refractivity contribution in [2.45, 2.75) is 64.0 Å². The minimum Gasteiger partial charge on any atom is -0.493 e. The number of aliphatic hydroxyl groups excluding tert-OH is 3. The van der Waals surface area contributed by atoms with Gasteiger partial charge in [0.05, 0.1) is 29.9 Å². The van der Waals surface area contributed by atoms with Crippen molar-refractivity contribution < 1.29 is 39.2 Å². The summed E-state index contributed by atoms with van der Waals surface area (Å²) in [6.07, 6.45) is -0.0884. The van der Waals surface area contributed by atoms with E-state index in [9.17, 15) is 29.7 Å². The number of carbonyl (C=O) groups is 3. The van der Waals surface area contributed by atoms with Crippen molar-refractivity contribution in [2.24, 2.45) is 0 Å². The van der Waals surface area contributed by atoms with E-state index in [1.165, 1.54) is 25.0 Å². The lowest BCUT2D eigenvalue weighted by Crippen LogP contribution is -2.54. The summed E-state index contributed by atoms with van der Waals surface area (Å²) < 4.78 is 12.4. The molecule has 42 heavy (non-hydrogen) atoms. The fourth-order valence-electron chi connectivity index (χ4n) is 4.70. The number of rotatable bonds is 14. The number of methoxy groups -OCH3 is 1. The first-order chi connectivity index (χ1) is 20.1. The molecular formula is C30H36ClIN2O8. The summed E-state index contributed by atoms with van der Waals surface area (Å²) in [6, 6.07) is 9.44.